The topological polar surface area (TPSA) is 60.1 Å². The van der Waals surface area contributed by atoms with Gasteiger partial charge in [0.25, 0.3) is 5.91 Å². The lowest BCUT2D eigenvalue weighted by Gasteiger charge is -2.06. The van der Waals surface area contributed by atoms with E-state index < -0.39 is 0 Å². The molecule has 4 rings (SSSR count). The number of furan rings is 1. The zero-order chi connectivity index (χ0) is 19.3. The summed E-state index contributed by atoms with van der Waals surface area (Å²) in [6, 6.07) is 19.2. The van der Waals surface area contributed by atoms with E-state index in [9.17, 15) is 9.18 Å². The number of hydrogen-bond acceptors (Lipinski definition) is 3. The Kier molecular flexibility index (Phi) is 5.01. The average Bonchev–Trinajstić information content (AvgIpc) is 3.41. The number of rotatable bonds is 6. The molecule has 0 unspecified atom stereocenters. The Morgan fingerprint density at radius 3 is 2.54 bits per heavy atom. The summed E-state index contributed by atoms with van der Waals surface area (Å²) in [5.41, 5.74) is 2.82. The van der Waals surface area contributed by atoms with Gasteiger partial charge in [0.15, 0.2) is 5.76 Å². The number of halogens is 1. The highest BCUT2D eigenvalue weighted by Gasteiger charge is 2.12. The van der Waals surface area contributed by atoms with Crippen molar-refractivity contribution in [2.75, 3.05) is 6.54 Å². The first-order valence-electron chi connectivity index (χ1n) is 8.92. The van der Waals surface area contributed by atoms with Gasteiger partial charge in [-0.05, 0) is 66.6 Å². The molecule has 2 aromatic carbocycles. The van der Waals surface area contributed by atoms with E-state index >= 15 is 0 Å². The van der Waals surface area contributed by atoms with Crippen LogP contribution in [0.15, 0.2) is 83.5 Å². The maximum absolute atomic E-state index is 13.0. The van der Waals surface area contributed by atoms with Gasteiger partial charge in [-0.15, -0.1) is 0 Å². The predicted molar refractivity (Wildman–Crippen MR) is 104 cm³/mol. The van der Waals surface area contributed by atoms with Crippen LogP contribution >= 0.6 is 0 Å². The van der Waals surface area contributed by atoms with Gasteiger partial charge in [0, 0.05) is 24.5 Å². The van der Waals surface area contributed by atoms with Crippen molar-refractivity contribution in [2.45, 2.75) is 6.42 Å². The highest BCUT2D eigenvalue weighted by Crippen LogP contribution is 2.22. The minimum absolute atomic E-state index is 0.230. The fraction of sp³-hybridized carbons (Fsp3) is 0.0909. The van der Waals surface area contributed by atoms with Crippen LogP contribution in [0.3, 0.4) is 0 Å². The first-order valence-corrected chi connectivity index (χ1v) is 8.92. The molecule has 4 aromatic rings. The summed E-state index contributed by atoms with van der Waals surface area (Å²) >= 11 is 0. The van der Waals surface area contributed by atoms with Crippen LogP contribution < -0.4 is 5.32 Å². The molecule has 6 heteroatoms. The number of aromatic nitrogens is 2. The maximum Gasteiger partial charge on any atom is 0.287 e. The molecule has 2 heterocycles. The highest BCUT2D eigenvalue weighted by atomic mass is 19.1. The Bertz CT molecular complexity index is 1050. The molecule has 0 saturated carbocycles. The molecule has 0 aliphatic carbocycles. The maximum atomic E-state index is 13.0. The molecule has 0 fully saturated rings. The van der Waals surface area contributed by atoms with Crippen LogP contribution in [0.5, 0.6) is 0 Å². The summed E-state index contributed by atoms with van der Waals surface area (Å²) in [4.78, 5) is 12.3. The standard InChI is InChI=1S/C22H18FN3O2/c23-18-6-4-17(5-7-18)20-10-11-21(28-20)22(27)24-14-12-16-2-8-19(9-3-16)26-15-1-13-25-26/h1-11,13,15H,12,14H2,(H,24,27). The van der Waals surface area contributed by atoms with E-state index in [2.05, 4.69) is 10.4 Å². The van der Waals surface area contributed by atoms with E-state index in [0.717, 1.165) is 16.8 Å². The van der Waals surface area contributed by atoms with Gasteiger partial charge in [-0.25, -0.2) is 9.07 Å². The molecule has 0 saturated heterocycles. The third-order valence-corrected chi connectivity index (χ3v) is 4.36. The second-order valence-corrected chi connectivity index (χ2v) is 6.29. The minimum Gasteiger partial charge on any atom is -0.451 e. The van der Waals surface area contributed by atoms with Crippen molar-refractivity contribution < 1.29 is 13.6 Å². The summed E-state index contributed by atoms with van der Waals surface area (Å²) in [6.45, 7) is 0.493. The summed E-state index contributed by atoms with van der Waals surface area (Å²) < 4.78 is 20.4. The molecular weight excluding hydrogens is 357 g/mol. The number of nitrogens with zero attached hydrogens (tertiary/aromatic N) is 2. The van der Waals surface area contributed by atoms with Gasteiger partial charge in [0.1, 0.15) is 11.6 Å². The van der Waals surface area contributed by atoms with E-state index in [4.69, 9.17) is 4.42 Å². The summed E-state index contributed by atoms with van der Waals surface area (Å²) in [6.07, 6.45) is 4.33. The first kappa shape index (κ1) is 17.7. The zero-order valence-electron chi connectivity index (χ0n) is 15.0. The quantitative estimate of drug-likeness (QED) is 0.548. The second kappa shape index (κ2) is 7.92. The minimum atomic E-state index is -0.314. The number of amides is 1. The molecule has 140 valence electrons. The number of carbonyl (C=O) groups excluding carboxylic acids is 1. The van der Waals surface area contributed by atoms with Crippen molar-refractivity contribution >= 4 is 5.91 Å². The zero-order valence-corrected chi connectivity index (χ0v) is 15.0. The van der Waals surface area contributed by atoms with Crippen molar-refractivity contribution in [1.29, 1.82) is 0 Å². The summed E-state index contributed by atoms with van der Waals surface area (Å²) in [7, 11) is 0. The Morgan fingerprint density at radius 1 is 1.04 bits per heavy atom. The third-order valence-electron chi connectivity index (χ3n) is 4.36. The van der Waals surface area contributed by atoms with Crippen LogP contribution in [0.4, 0.5) is 4.39 Å². The number of hydrogen-bond donors (Lipinski definition) is 1. The van der Waals surface area contributed by atoms with Crippen molar-refractivity contribution in [1.82, 2.24) is 15.1 Å². The lowest BCUT2D eigenvalue weighted by atomic mass is 10.1. The first-order chi connectivity index (χ1) is 13.7. The normalized spacial score (nSPS) is 10.8. The fourth-order valence-electron chi connectivity index (χ4n) is 2.87. The van der Waals surface area contributed by atoms with Crippen LogP contribution in [-0.4, -0.2) is 22.2 Å². The van der Waals surface area contributed by atoms with Crippen molar-refractivity contribution in [3.05, 3.63) is 96.3 Å². The molecule has 1 N–H and O–H groups in total. The van der Waals surface area contributed by atoms with Crippen LogP contribution in [0.25, 0.3) is 17.0 Å². The van der Waals surface area contributed by atoms with Crippen molar-refractivity contribution in [2.24, 2.45) is 0 Å². The predicted octanol–water partition coefficient (Wildman–Crippen LogP) is 4.24. The van der Waals surface area contributed by atoms with Crippen molar-refractivity contribution in [3.8, 4) is 17.0 Å². The molecule has 0 aliphatic rings. The monoisotopic (exact) mass is 375 g/mol. The van der Waals surface area contributed by atoms with Gasteiger partial charge in [0.2, 0.25) is 0 Å². The van der Waals surface area contributed by atoms with Gasteiger partial charge in [-0.3, -0.25) is 4.79 Å². The fourth-order valence-corrected chi connectivity index (χ4v) is 2.87. The Morgan fingerprint density at radius 2 is 1.82 bits per heavy atom. The largest absolute Gasteiger partial charge is 0.451 e. The highest BCUT2D eigenvalue weighted by molar-refractivity contribution is 5.92. The third kappa shape index (κ3) is 4.01. The molecule has 5 nitrogen and oxygen atoms in total. The average molecular weight is 375 g/mol. The smallest absolute Gasteiger partial charge is 0.287 e. The lowest BCUT2D eigenvalue weighted by Crippen LogP contribution is -2.25. The SMILES string of the molecule is O=C(NCCc1ccc(-n2cccn2)cc1)c1ccc(-c2ccc(F)cc2)o1. The van der Waals surface area contributed by atoms with Gasteiger partial charge >= 0.3 is 0 Å². The molecule has 2 aromatic heterocycles. The number of nitrogens with one attached hydrogen (secondary N) is 1. The molecule has 0 radical (unpaired) electrons. The Hall–Kier alpha value is -3.67. The van der Waals surface area contributed by atoms with Crippen molar-refractivity contribution in [3.63, 3.8) is 0 Å². The van der Waals surface area contributed by atoms with Gasteiger partial charge in [0.05, 0.1) is 5.69 Å². The summed E-state index contributed by atoms with van der Waals surface area (Å²) in [5.74, 6) is 0.167. The van der Waals surface area contributed by atoms with Gasteiger partial charge in [-0.2, -0.15) is 5.10 Å². The molecule has 0 spiro atoms. The molecule has 0 aliphatic heterocycles. The molecular formula is C22H18FN3O2. The molecule has 0 atom stereocenters. The Balaban J connectivity index is 1.31. The van der Waals surface area contributed by atoms with E-state index in [1.165, 1.54) is 12.1 Å². The van der Waals surface area contributed by atoms with E-state index in [0.29, 0.717) is 18.7 Å². The number of benzene rings is 2. The molecule has 1 amide bonds. The number of carbonyl (C=O) groups is 1. The van der Waals surface area contributed by atoms with Crippen LogP contribution in [0.1, 0.15) is 16.1 Å². The van der Waals surface area contributed by atoms with Crippen LogP contribution in [0.2, 0.25) is 0 Å². The molecule has 28 heavy (non-hydrogen) atoms. The molecule has 0 bridgehead atoms. The van der Waals surface area contributed by atoms with E-state index in [-0.39, 0.29) is 17.5 Å². The second-order valence-electron chi connectivity index (χ2n) is 6.29. The van der Waals surface area contributed by atoms with Crippen LogP contribution in [0, 0.1) is 5.82 Å². The van der Waals surface area contributed by atoms with Crippen LogP contribution in [-0.2, 0) is 6.42 Å². The lowest BCUT2D eigenvalue weighted by molar-refractivity contribution is 0.0927. The van der Waals surface area contributed by atoms with Gasteiger partial charge < -0.3 is 9.73 Å². The van der Waals surface area contributed by atoms with E-state index in [1.54, 1.807) is 35.1 Å². The summed E-state index contributed by atoms with van der Waals surface area (Å²) in [5, 5.41) is 7.05. The Labute approximate surface area is 161 Å². The van der Waals surface area contributed by atoms with E-state index in [1.807, 2.05) is 36.5 Å². The van der Waals surface area contributed by atoms with Gasteiger partial charge in [-0.1, -0.05) is 12.1 Å².